The van der Waals surface area contributed by atoms with Crippen LogP contribution in [-0.2, 0) is 4.79 Å². The van der Waals surface area contributed by atoms with Crippen molar-refractivity contribution >= 4 is 45.0 Å². The van der Waals surface area contributed by atoms with E-state index in [1.54, 1.807) is 11.3 Å². The SMILES string of the molecule is CCN(CC)CCN(C(=O)C1CCCCC1)c1nc2ccccc2s1.Cl. The zero-order valence-corrected chi connectivity index (χ0v) is 17.5. The summed E-state index contributed by atoms with van der Waals surface area (Å²) in [4.78, 5) is 22.3. The van der Waals surface area contributed by atoms with Crippen LogP contribution in [0.15, 0.2) is 24.3 Å². The van der Waals surface area contributed by atoms with Gasteiger partial charge in [0.15, 0.2) is 5.13 Å². The fourth-order valence-corrected chi connectivity index (χ4v) is 4.62. The van der Waals surface area contributed by atoms with E-state index < -0.39 is 0 Å². The number of aromatic nitrogens is 1. The predicted octanol–water partition coefficient (Wildman–Crippen LogP) is 4.97. The molecule has 0 aliphatic heterocycles. The number of para-hydroxylation sites is 1. The molecule has 1 aromatic heterocycles. The number of carbonyl (C=O) groups excluding carboxylic acids is 1. The summed E-state index contributed by atoms with van der Waals surface area (Å²) in [6, 6.07) is 8.16. The van der Waals surface area contributed by atoms with Gasteiger partial charge in [0, 0.05) is 19.0 Å². The Labute approximate surface area is 167 Å². The Kier molecular flexibility index (Phi) is 8.32. The standard InChI is InChI=1S/C20H29N3OS.ClH/c1-3-22(4-2)14-15-23(19(24)16-10-6-5-7-11-16)20-21-17-12-8-9-13-18(17)25-20;/h8-9,12-13,16H,3-7,10-11,14-15H2,1-2H3;1H. The van der Waals surface area contributed by atoms with E-state index in [1.165, 1.54) is 19.3 Å². The van der Waals surface area contributed by atoms with Crippen LogP contribution < -0.4 is 4.90 Å². The fraction of sp³-hybridized carbons (Fsp3) is 0.600. The first-order chi connectivity index (χ1) is 12.2. The molecule has 6 heteroatoms. The Bertz CT molecular complexity index is 662. The lowest BCUT2D eigenvalue weighted by molar-refractivity contribution is -0.123. The van der Waals surface area contributed by atoms with E-state index in [9.17, 15) is 4.79 Å². The van der Waals surface area contributed by atoms with Gasteiger partial charge in [-0.2, -0.15) is 0 Å². The summed E-state index contributed by atoms with van der Waals surface area (Å²) in [5.41, 5.74) is 0.992. The van der Waals surface area contributed by atoms with Crippen LogP contribution in [-0.4, -0.2) is 42.0 Å². The number of hydrogen-bond donors (Lipinski definition) is 0. The Hall–Kier alpha value is -1.17. The van der Waals surface area contributed by atoms with Gasteiger partial charge in [-0.15, -0.1) is 12.4 Å². The number of thiazole rings is 1. The molecule has 3 rings (SSSR count). The number of carbonyl (C=O) groups is 1. The molecule has 1 fully saturated rings. The van der Waals surface area contributed by atoms with Gasteiger partial charge < -0.3 is 4.90 Å². The maximum absolute atomic E-state index is 13.2. The summed E-state index contributed by atoms with van der Waals surface area (Å²) in [7, 11) is 0. The zero-order chi connectivity index (χ0) is 17.6. The zero-order valence-electron chi connectivity index (χ0n) is 15.8. The van der Waals surface area contributed by atoms with Crippen molar-refractivity contribution in [3.8, 4) is 0 Å². The van der Waals surface area contributed by atoms with Crippen LogP contribution in [0.5, 0.6) is 0 Å². The van der Waals surface area contributed by atoms with E-state index in [-0.39, 0.29) is 24.2 Å². The minimum Gasteiger partial charge on any atom is -0.302 e. The van der Waals surface area contributed by atoms with Gasteiger partial charge in [0.1, 0.15) is 0 Å². The Morgan fingerprint density at radius 3 is 2.46 bits per heavy atom. The first-order valence-electron chi connectivity index (χ1n) is 9.62. The molecule has 1 saturated carbocycles. The van der Waals surface area contributed by atoms with E-state index in [0.717, 1.165) is 54.4 Å². The molecule has 0 N–H and O–H groups in total. The third-order valence-electron chi connectivity index (χ3n) is 5.27. The molecular weight excluding hydrogens is 366 g/mol. The molecule has 144 valence electrons. The second-order valence-corrected chi connectivity index (χ2v) is 7.82. The Balaban J connectivity index is 0.00000243. The smallest absolute Gasteiger partial charge is 0.231 e. The molecule has 26 heavy (non-hydrogen) atoms. The first-order valence-corrected chi connectivity index (χ1v) is 10.4. The molecule has 0 atom stereocenters. The van der Waals surface area contributed by atoms with Gasteiger partial charge in [0.2, 0.25) is 5.91 Å². The normalized spacial score (nSPS) is 15.2. The van der Waals surface area contributed by atoms with E-state index in [2.05, 4.69) is 24.8 Å². The van der Waals surface area contributed by atoms with Crippen molar-refractivity contribution in [2.45, 2.75) is 46.0 Å². The summed E-state index contributed by atoms with van der Waals surface area (Å²) in [6.07, 6.45) is 5.70. The average Bonchev–Trinajstić information content (AvgIpc) is 3.09. The molecule has 1 aliphatic carbocycles. The lowest BCUT2D eigenvalue weighted by Crippen LogP contribution is -2.42. The van der Waals surface area contributed by atoms with E-state index in [0.29, 0.717) is 0 Å². The summed E-state index contributed by atoms with van der Waals surface area (Å²) in [5.74, 6) is 0.461. The lowest BCUT2D eigenvalue weighted by Gasteiger charge is -2.29. The van der Waals surface area contributed by atoms with E-state index in [4.69, 9.17) is 4.98 Å². The number of halogens is 1. The molecule has 0 radical (unpaired) electrons. The lowest BCUT2D eigenvalue weighted by atomic mass is 9.88. The number of nitrogens with zero attached hydrogens (tertiary/aromatic N) is 3. The monoisotopic (exact) mass is 395 g/mol. The number of hydrogen-bond acceptors (Lipinski definition) is 4. The van der Waals surface area contributed by atoms with Gasteiger partial charge in [-0.05, 0) is 38.1 Å². The number of benzene rings is 1. The highest BCUT2D eigenvalue weighted by molar-refractivity contribution is 7.22. The molecule has 1 heterocycles. The second kappa shape index (κ2) is 10.2. The van der Waals surface area contributed by atoms with Crippen LogP contribution in [0.2, 0.25) is 0 Å². The van der Waals surface area contributed by atoms with Gasteiger partial charge in [0.25, 0.3) is 0 Å². The summed E-state index contributed by atoms with van der Waals surface area (Å²) >= 11 is 1.64. The van der Waals surface area contributed by atoms with Crippen molar-refractivity contribution in [2.75, 3.05) is 31.1 Å². The molecule has 0 bridgehead atoms. The van der Waals surface area contributed by atoms with Crippen LogP contribution >= 0.6 is 23.7 Å². The first kappa shape index (κ1) is 21.1. The highest BCUT2D eigenvalue weighted by atomic mass is 35.5. The quantitative estimate of drug-likeness (QED) is 0.663. The highest BCUT2D eigenvalue weighted by Gasteiger charge is 2.28. The van der Waals surface area contributed by atoms with Gasteiger partial charge in [-0.1, -0.05) is 56.6 Å². The molecule has 2 aromatic rings. The van der Waals surface area contributed by atoms with Crippen LogP contribution in [0.25, 0.3) is 10.2 Å². The summed E-state index contributed by atoms with van der Waals surface area (Å²) < 4.78 is 1.15. The van der Waals surface area contributed by atoms with Crippen LogP contribution in [0, 0.1) is 5.92 Å². The number of likely N-dealkylation sites (N-methyl/N-ethyl adjacent to an activating group) is 1. The fourth-order valence-electron chi connectivity index (χ4n) is 3.63. The third-order valence-corrected chi connectivity index (χ3v) is 6.33. The maximum atomic E-state index is 13.2. The summed E-state index contributed by atoms with van der Waals surface area (Å²) in [5, 5.41) is 0.865. The third kappa shape index (κ3) is 4.96. The molecule has 4 nitrogen and oxygen atoms in total. The summed E-state index contributed by atoms with van der Waals surface area (Å²) in [6.45, 7) is 8.02. The molecule has 0 spiro atoms. The van der Waals surface area contributed by atoms with Crippen molar-refractivity contribution in [1.82, 2.24) is 9.88 Å². The van der Waals surface area contributed by atoms with Gasteiger partial charge in [-0.3, -0.25) is 9.69 Å². The number of fused-ring (bicyclic) bond motifs is 1. The number of amides is 1. The second-order valence-electron chi connectivity index (χ2n) is 6.82. The largest absolute Gasteiger partial charge is 0.302 e. The average molecular weight is 396 g/mol. The van der Waals surface area contributed by atoms with Crippen LogP contribution in [0.1, 0.15) is 46.0 Å². The minimum atomic E-state index is 0. The Morgan fingerprint density at radius 1 is 1.12 bits per heavy atom. The number of rotatable bonds is 7. The molecular formula is C20H30ClN3OS. The molecule has 1 aromatic carbocycles. The topological polar surface area (TPSA) is 36.4 Å². The van der Waals surface area contributed by atoms with Crippen LogP contribution in [0.4, 0.5) is 5.13 Å². The Morgan fingerprint density at radius 2 is 1.81 bits per heavy atom. The number of anilines is 1. The molecule has 0 saturated heterocycles. The van der Waals surface area contributed by atoms with Gasteiger partial charge >= 0.3 is 0 Å². The molecule has 1 amide bonds. The van der Waals surface area contributed by atoms with Gasteiger partial charge in [0.05, 0.1) is 10.2 Å². The minimum absolute atomic E-state index is 0. The molecule has 1 aliphatic rings. The van der Waals surface area contributed by atoms with Crippen molar-refractivity contribution < 1.29 is 4.79 Å². The van der Waals surface area contributed by atoms with Crippen LogP contribution in [0.3, 0.4) is 0 Å². The van der Waals surface area contributed by atoms with Crippen molar-refractivity contribution in [3.63, 3.8) is 0 Å². The van der Waals surface area contributed by atoms with Crippen molar-refractivity contribution in [2.24, 2.45) is 5.92 Å². The van der Waals surface area contributed by atoms with Crippen molar-refractivity contribution in [3.05, 3.63) is 24.3 Å². The van der Waals surface area contributed by atoms with Gasteiger partial charge in [-0.25, -0.2) is 4.98 Å². The van der Waals surface area contributed by atoms with E-state index in [1.807, 2.05) is 23.1 Å². The highest BCUT2D eigenvalue weighted by Crippen LogP contribution is 2.32. The van der Waals surface area contributed by atoms with E-state index >= 15 is 0 Å². The predicted molar refractivity (Wildman–Crippen MR) is 114 cm³/mol. The molecule has 0 unspecified atom stereocenters. The van der Waals surface area contributed by atoms with Crippen molar-refractivity contribution in [1.29, 1.82) is 0 Å². The maximum Gasteiger partial charge on any atom is 0.231 e.